The largest absolute Gasteiger partial charge is 0.310 e. The average molecular weight is 252 g/mol. The molecule has 0 aliphatic carbocycles. The Balaban J connectivity index is 2.85. The summed E-state index contributed by atoms with van der Waals surface area (Å²) in [6.45, 7) is 7.76. The van der Waals surface area contributed by atoms with Gasteiger partial charge in [-0.15, -0.1) is 0 Å². The second-order valence-electron chi connectivity index (χ2n) is 4.60. The van der Waals surface area contributed by atoms with Crippen molar-refractivity contribution >= 4 is 11.8 Å². The molecule has 3 heteroatoms. The molecule has 1 heterocycles. The van der Waals surface area contributed by atoms with E-state index < -0.39 is 0 Å². The first-order valence-corrected chi connectivity index (χ1v) is 7.72. The molecular weight excluding hydrogens is 228 g/mol. The fraction of sp³-hybridized carbons (Fsp3) is 0.643. The maximum Gasteiger partial charge on any atom is 0.0371 e. The van der Waals surface area contributed by atoms with Crippen LogP contribution in [0.15, 0.2) is 18.5 Å². The highest BCUT2D eigenvalue weighted by molar-refractivity contribution is 7.98. The third kappa shape index (κ3) is 4.32. The van der Waals surface area contributed by atoms with Gasteiger partial charge in [-0.2, -0.15) is 11.8 Å². The maximum absolute atomic E-state index is 4.27. The first kappa shape index (κ1) is 14.5. The zero-order valence-corrected chi connectivity index (χ0v) is 12.2. The van der Waals surface area contributed by atoms with Crippen molar-refractivity contribution in [1.82, 2.24) is 10.3 Å². The number of pyridine rings is 1. The van der Waals surface area contributed by atoms with Gasteiger partial charge in [0.1, 0.15) is 0 Å². The van der Waals surface area contributed by atoms with Gasteiger partial charge in [-0.1, -0.05) is 13.8 Å². The van der Waals surface area contributed by atoms with Crippen molar-refractivity contribution in [3.8, 4) is 0 Å². The van der Waals surface area contributed by atoms with E-state index in [1.807, 2.05) is 24.2 Å². The minimum Gasteiger partial charge on any atom is -0.310 e. The van der Waals surface area contributed by atoms with Crippen LogP contribution in [0.4, 0.5) is 0 Å². The molecule has 1 N–H and O–H groups in total. The summed E-state index contributed by atoms with van der Waals surface area (Å²) < 4.78 is 0. The fourth-order valence-corrected chi connectivity index (χ4v) is 2.80. The lowest BCUT2D eigenvalue weighted by atomic mass is 9.94. The molecule has 1 aromatic heterocycles. The molecule has 2 unspecified atom stereocenters. The van der Waals surface area contributed by atoms with E-state index in [9.17, 15) is 0 Å². The highest BCUT2D eigenvalue weighted by Gasteiger charge is 2.19. The number of aryl methyl sites for hydroxylation is 1. The zero-order chi connectivity index (χ0) is 12.7. The molecule has 2 nitrogen and oxygen atoms in total. The third-order valence-corrected chi connectivity index (χ3v) is 3.89. The predicted octanol–water partition coefficient (Wildman–Crippen LogP) is 3.43. The summed E-state index contributed by atoms with van der Waals surface area (Å²) in [6.07, 6.45) is 7.22. The van der Waals surface area contributed by atoms with Gasteiger partial charge in [-0.25, -0.2) is 0 Å². The topological polar surface area (TPSA) is 24.9 Å². The van der Waals surface area contributed by atoms with Gasteiger partial charge in [0, 0.05) is 18.4 Å². The van der Waals surface area contributed by atoms with Crippen LogP contribution in [0.1, 0.15) is 37.4 Å². The molecule has 0 saturated heterocycles. The van der Waals surface area contributed by atoms with Gasteiger partial charge in [0.25, 0.3) is 0 Å². The van der Waals surface area contributed by atoms with E-state index in [0.29, 0.717) is 12.0 Å². The number of nitrogens with zero attached hydrogens (tertiary/aromatic N) is 1. The molecule has 0 radical (unpaired) electrons. The Labute approximate surface area is 110 Å². The van der Waals surface area contributed by atoms with Crippen LogP contribution in [0, 0.1) is 12.8 Å². The Kier molecular flexibility index (Phi) is 6.60. The van der Waals surface area contributed by atoms with Crippen molar-refractivity contribution in [2.24, 2.45) is 5.92 Å². The number of thioether (sulfide) groups is 1. The molecule has 2 atom stereocenters. The molecule has 0 saturated carbocycles. The van der Waals surface area contributed by atoms with Gasteiger partial charge in [0.15, 0.2) is 0 Å². The van der Waals surface area contributed by atoms with Gasteiger partial charge >= 0.3 is 0 Å². The average Bonchev–Trinajstić information content (AvgIpc) is 2.32. The molecule has 0 bridgehead atoms. The van der Waals surface area contributed by atoms with Gasteiger partial charge in [-0.3, -0.25) is 4.98 Å². The van der Waals surface area contributed by atoms with Crippen LogP contribution in [0.2, 0.25) is 0 Å². The highest BCUT2D eigenvalue weighted by Crippen LogP contribution is 2.26. The number of nitrogens with one attached hydrogen (secondary N) is 1. The lowest BCUT2D eigenvalue weighted by Gasteiger charge is -2.26. The van der Waals surface area contributed by atoms with E-state index >= 15 is 0 Å². The van der Waals surface area contributed by atoms with Gasteiger partial charge < -0.3 is 5.32 Å². The summed E-state index contributed by atoms with van der Waals surface area (Å²) in [5.41, 5.74) is 2.68. The van der Waals surface area contributed by atoms with E-state index in [4.69, 9.17) is 0 Å². The molecule has 1 rings (SSSR count). The second kappa shape index (κ2) is 7.72. The van der Waals surface area contributed by atoms with Gasteiger partial charge in [0.2, 0.25) is 0 Å². The summed E-state index contributed by atoms with van der Waals surface area (Å²) in [5, 5.41) is 3.66. The summed E-state index contributed by atoms with van der Waals surface area (Å²) in [4.78, 5) is 4.27. The van der Waals surface area contributed by atoms with E-state index in [0.717, 1.165) is 6.54 Å². The molecule has 0 aliphatic heterocycles. The maximum atomic E-state index is 4.27. The van der Waals surface area contributed by atoms with E-state index in [-0.39, 0.29) is 0 Å². The van der Waals surface area contributed by atoms with Gasteiger partial charge in [-0.05, 0) is 55.0 Å². The molecule has 0 amide bonds. The summed E-state index contributed by atoms with van der Waals surface area (Å²) >= 11 is 1.91. The molecular formula is C14H24N2S. The highest BCUT2D eigenvalue weighted by atomic mass is 32.2. The lowest BCUT2D eigenvalue weighted by molar-refractivity contribution is 0.416. The molecule has 0 spiro atoms. The Morgan fingerprint density at radius 3 is 2.82 bits per heavy atom. The Morgan fingerprint density at radius 2 is 2.24 bits per heavy atom. The minimum absolute atomic E-state index is 0.427. The van der Waals surface area contributed by atoms with E-state index in [1.165, 1.54) is 23.3 Å². The Morgan fingerprint density at radius 1 is 1.47 bits per heavy atom. The van der Waals surface area contributed by atoms with E-state index in [1.54, 1.807) is 0 Å². The number of hydrogen-bond donors (Lipinski definition) is 1. The molecule has 1 aromatic rings. The Hall–Kier alpha value is -0.540. The first-order valence-electron chi connectivity index (χ1n) is 6.33. The van der Waals surface area contributed by atoms with Crippen LogP contribution in [0.5, 0.6) is 0 Å². The summed E-state index contributed by atoms with van der Waals surface area (Å²) in [7, 11) is 0. The Bertz CT molecular complexity index is 328. The van der Waals surface area contributed by atoms with E-state index in [2.05, 4.69) is 43.4 Å². The second-order valence-corrected chi connectivity index (χ2v) is 5.51. The fourth-order valence-electron chi connectivity index (χ4n) is 2.08. The molecule has 17 heavy (non-hydrogen) atoms. The van der Waals surface area contributed by atoms with Gasteiger partial charge in [0.05, 0.1) is 0 Å². The van der Waals surface area contributed by atoms with Crippen LogP contribution in [-0.2, 0) is 0 Å². The van der Waals surface area contributed by atoms with Crippen molar-refractivity contribution < 1.29 is 0 Å². The minimum atomic E-state index is 0.427. The van der Waals surface area contributed by atoms with Crippen LogP contribution >= 0.6 is 11.8 Å². The number of rotatable bonds is 7. The zero-order valence-electron chi connectivity index (χ0n) is 11.4. The van der Waals surface area contributed by atoms with Crippen LogP contribution in [0.25, 0.3) is 0 Å². The summed E-state index contributed by atoms with van der Waals surface area (Å²) in [6, 6.07) is 2.53. The molecule has 0 fully saturated rings. The van der Waals surface area contributed by atoms with Crippen molar-refractivity contribution in [2.45, 2.75) is 33.2 Å². The number of hydrogen-bond acceptors (Lipinski definition) is 3. The van der Waals surface area contributed by atoms with Crippen molar-refractivity contribution in [2.75, 3.05) is 18.6 Å². The standard InChI is InChI=1S/C14H24N2S/c1-5-7-16-14(12(3)10-17-4)13-9-15-8-6-11(13)2/h6,8-9,12,14,16H,5,7,10H2,1-4H3. The van der Waals surface area contributed by atoms with Crippen LogP contribution in [0.3, 0.4) is 0 Å². The first-order chi connectivity index (χ1) is 8.20. The van der Waals surface area contributed by atoms with Crippen molar-refractivity contribution in [3.63, 3.8) is 0 Å². The third-order valence-electron chi connectivity index (χ3n) is 3.03. The SMILES string of the molecule is CCCNC(c1cnccc1C)C(C)CSC. The molecule has 96 valence electrons. The van der Waals surface area contributed by atoms with Crippen molar-refractivity contribution in [1.29, 1.82) is 0 Å². The quantitative estimate of drug-likeness (QED) is 0.805. The van der Waals surface area contributed by atoms with Crippen LogP contribution in [-0.4, -0.2) is 23.5 Å². The number of aromatic nitrogens is 1. The monoisotopic (exact) mass is 252 g/mol. The summed E-state index contributed by atoms with van der Waals surface area (Å²) in [5.74, 6) is 1.80. The smallest absolute Gasteiger partial charge is 0.0371 e. The molecule has 0 aromatic carbocycles. The lowest BCUT2D eigenvalue weighted by Crippen LogP contribution is -2.29. The van der Waals surface area contributed by atoms with Crippen molar-refractivity contribution in [3.05, 3.63) is 29.6 Å². The predicted molar refractivity (Wildman–Crippen MR) is 77.6 cm³/mol. The normalized spacial score (nSPS) is 14.6. The van der Waals surface area contributed by atoms with Crippen LogP contribution < -0.4 is 5.32 Å². The molecule has 0 aliphatic rings.